The number of aliphatic imine (C=N–C) groups is 1. The lowest BCUT2D eigenvalue weighted by molar-refractivity contribution is 0.0957. The van der Waals surface area contributed by atoms with Crippen molar-refractivity contribution in [2.75, 3.05) is 38.7 Å². The minimum Gasteiger partial charge on any atom is -0.492 e. The molecule has 0 fully saturated rings. The maximum absolute atomic E-state index is 13.1. The lowest BCUT2D eigenvalue weighted by Crippen LogP contribution is -2.28. The van der Waals surface area contributed by atoms with Gasteiger partial charge in [-0.05, 0) is 66.6 Å². The summed E-state index contributed by atoms with van der Waals surface area (Å²) in [4.78, 5) is 9.34. The number of benzene rings is 3. The van der Waals surface area contributed by atoms with Crippen LogP contribution in [0.25, 0.3) is 20.8 Å². The molecule has 2 heterocycles. The molecule has 3 aromatic carbocycles. The fourth-order valence-corrected chi connectivity index (χ4v) is 6.36. The number of sulfonamides is 1. The third-order valence-corrected chi connectivity index (χ3v) is 8.78. The number of hydrogen-bond donors (Lipinski definition) is 4. The molecule has 1 aliphatic rings. The fraction of sp³-hybridized carbons (Fsp3) is 0.259. The van der Waals surface area contributed by atoms with Crippen LogP contribution in [0.2, 0.25) is 0 Å². The van der Waals surface area contributed by atoms with Gasteiger partial charge < -0.3 is 25.0 Å². The predicted octanol–water partition coefficient (Wildman–Crippen LogP) is 3.90. The molecule has 13 heteroatoms. The summed E-state index contributed by atoms with van der Waals surface area (Å²) >= 11 is 1.43. The molecule has 4 N–H and O–H groups in total. The lowest BCUT2D eigenvalue weighted by atomic mass is 10.0. The second-order valence-corrected chi connectivity index (χ2v) is 11.8. The fourth-order valence-electron chi connectivity index (χ4n) is 4.25. The number of hydrogen-bond acceptors (Lipinski definition) is 10. The number of nitrogens with zero attached hydrogens (tertiary/aromatic N) is 2. The third kappa shape index (κ3) is 5.78. The first-order valence-electron chi connectivity index (χ1n) is 12.3. The number of halogens is 1. The van der Waals surface area contributed by atoms with Crippen LogP contribution in [0.5, 0.6) is 5.75 Å². The minimum atomic E-state index is -3.79. The van der Waals surface area contributed by atoms with E-state index in [1.165, 1.54) is 30.6 Å². The summed E-state index contributed by atoms with van der Waals surface area (Å²) < 4.78 is 52.3. The Kier molecular flexibility index (Phi) is 8.01. The Morgan fingerprint density at radius 3 is 2.70 bits per heavy atom. The maximum Gasteiger partial charge on any atom is 0.240 e. The van der Waals surface area contributed by atoms with Crippen molar-refractivity contribution in [2.45, 2.75) is 17.9 Å². The number of methoxy groups -OCH3 is 1. The second kappa shape index (κ2) is 11.5. The molecule has 0 bridgehead atoms. The second-order valence-electron chi connectivity index (χ2n) is 9.03. The van der Waals surface area contributed by atoms with Gasteiger partial charge in [-0.1, -0.05) is 0 Å². The minimum absolute atomic E-state index is 0.0203. The Morgan fingerprint density at radius 2 is 1.98 bits per heavy atom. The molecule has 1 aromatic heterocycles. The number of rotatable bonds is 9. The molecule has 0 amide bonds. The van der Waals surface area contributed by atoms with Crippen molar-refractivity contribution in [3.63, 3.8) is 0 Å². The van der Waals surface area contributed by atoms with Crippen LogP contribution in [-0.2, 0) is 14.8 Å². The molecule has 1 aliphatic heterocycles. The smallest absolute Gasteiger partial charge is 0.240 e. The highest BCUT2D eigenvalue weighted by atomic mass is 32.2. The van der Waals surface area contributed by atoms with Crippen molar-refractivity contribution < 1.29 is 32.5 Å². The van der Waals surface area contributed by atoms with Crippen LogP contribution in [0.1, 0.15) is 17.2 Å². The van der Waals surface area contributed by atoms with Gasteiger partial charge in [-0.3, -0.25) is 0 Å². The van der Waals surface area contributed by atoms with Gasteiger partial charge in [0.05, 0.1) is 46.7 Å². The summed E-state index contributed by atoms with van der Waals surface area (Å²) in [6.45, 7) is 1.96. The zero-order chi connectivity index (χ0) is 28.4. The number of aryl methyl sites for hydroxylation is 1. The van der Waals surface area contributed by atoms with E-state index in [1.54, 1.807) is 12.1 Å². The van der Waals surface area contributed by atoms with Crippen molar-refractivity contribution >= 4 is 48.8 Å². The van der Waals surface area contributed by atoms with Gasteiger partial charge in [-0.15, -0.1) is 11.3 Å². The molecule has 4 aromatic rings. The number of anilines is 1. The quantitative estimate of drug-likeness (QED) is 0.217. The molecule has 0 spiro atoms. The molecule has 10 nitrogen and oxygen atoms in total. The van der Waals surface area contributed by atoms with Crippen molar-refractivity contribution in [1.29, 1.82) is 0 Å². The van der Waals surface area contributed by atoms with Crippen molar-refractivity contribution in [1.82, 2.24) is 9.71 Å². The Bertz CT molecular complexity index is 1690. The van der Waals surface area contributed by atoms with E-state index in [-0.39, 0.29) is 18.0 Å². The number of thiazole rings is 1. The number of aromatic nitrogens is 1. The Morgan fingerprint density at radius 1 is 1.20 bits per heavy atom. The van der Waals surface area contributed by atoms with Crippen LogP contribution >= 0.6 is 11.3 Å². The van der Waals surface area contributed by atoms with Crippen LogP contribution in [0.4, 0.5) is 15.8 Å². The van der Waals surface area contributed by atoms with E-state index in [1.807, 2.05) is 19.1 Å². The number of nitrogens with one attached hydrogen (secondary N) is 2. The van der Waals surface area contributed by atoms with Crippen LogP contribution in [-0.4, -0.2) is 62.9 Å². The maximum atomic E-state index is 13.1. The zero-order valence-electron chi connectivity index (χ0n) is 21.6. The van der Waals surface area contributed by atoms with Gasteiger partial charge in [-0.2, -0.15) is 0 Å². The van der Waals surface area contributed by atoms with Gasteiger partial charge in [0.25, 0.3) is 0 Å². The molecule has 210 valence electrons. The van der Waals surface area contributed by atoms with Gasteiger partial charge in [0.2, 0.25) is 15.9 Å². The summed E-state index contributed by atoms with van der Waals surface area (Å²) in [6, 6.07) is 11.7. The Hall–Kier alpha value is -3.62. The van der Waals surface area contributed by atoms with Crippen molar-refractivity contribution in [3.8, 4) is 16.3 Å². The zero-order valence-corrected chi connectivity index (χ0v) is 23.3. The summed E-state index contributed by atoms with van der Waals surface area (Å²) in [5, 5.41) is 23.9. The van der Waals surface area contributed by atoms with Crippen LogP contribution in [0.3, 0.4) is 0 Å². The van der Waals surface area contributed by atoms with E-state index in [0.717, 1.165) is 39.2 Å². The molecular formula is C27H27FN4O6S2. The summed E-state index contributed by atoms with van der Waals surface area (Å²) in [7, 11) is -2.25. The standard InChI is InChI=1S/C27H27FN4O6S2/c1-15-9-18(38-8-7-30-40(35,36)19-5-3-17(28)4-6-19)12-23-25(15)32-27(39-23)20-10-16(22(34)14-33)11-21-26(20)29-13-24(31-21)37-2/h3-6,9-12,22,29-30,33-34H,7-8,13-14H2,1-2H3. The summed E-state index contributed by atoms with van der Waals surface area (Å²) in [5.41, 5.74) is 4.21. The first-order chi connectivity index (χ1) is 19.2. The molecule has 1 atom stereocenters. The molecule has 0 radical (unpaired) electrons. The van der Waals surface area contributed by atoms with Crippen LogP contribution in [0, 0.1) is 12.7 Å². The van der Waals surface area contributed by atoms with E-state index in [4.69, 9.17) is 14.5 Å². The highest BCUT2D eigenvalue weighted by Crippen LogP contribution is 2.43. The molecular weight excluding hydrogens is 559 g/mol. The third-order valence-electron chi connectivity index (χ3n) is 6.27. The highest BCUT2D eigenvalue weighted by Gasteiger charge is 2.22. The number of aliphatic hydroxyl groups excluding tert-OH is 2. The summed E-state index contributed by atoms with van der Waals surface area (Å²) in [5.74, 6) is 0.538. The molecule has 5 rings (SSSR count). The van der Waals surface area contributed by atoms with Crippen molar-refractivity contribution in [2.24, 2.45) is 4.99 Å². The first-order valence-corrected chi connectivity index (χ1v) is 14.6. The van der Waals surface area contributed by atoms with Gasteiger partial charge in [0, 0.05) is 12.1 Å². The molecule has 1 unspecified atom stereocenters. The van der Waals surface area contributed by atoms with E-state index in [2.05, 4.69) is 15.0 Å². The molecule has 0 saturated heterocycles. The Labute approximate surface area is 234 Å². The SMILES string of the molecule is COC1=Nc2cc(C(O)CO)cc(-c3nc4c(C)cc(OCCNS(=O)(=O)c5ccc(F)cc5)cc4s3)c2NC1. The van der Waals surface area contributed by atoms with Gasteiger partial charge in [-0.25, -0.2) is 27.5 Å². The first kappa shape index (κ1) is 27.9. The average molecular weight is 587 g/mol. The molecule has 0 aliphatic carbocycles. The largest absolute Gasteiger partial charge is 0.492 e. The van der Waals surface area contributed by atoms with Crippen LogP contribution < -0.4 is 14.8 Å². The van der Waals surface area contributed by atoms with E-state index < -0.39 is 28.6 Å². The Balaban J connectivity index is 1.37. The monoisotopic (exact) mass is 586 g/mol. The number of ether oxygens (including phenoxy) is 2. The van der Waals surface area contributed by atoms with Gasteiger partial charge >= 0.3 is 0 Å². The number of aliphatic hydroxyl groups is 2. The lowest BCUT2D eigenvalue weighted by Gasteiger charge is -2.21. The topological polar surface area (TPSA) is 142 Å². The predicted molar refractivity (Wildman–Crippen MR) is 152 cm³/mol. The molecule has 0 saturated carbocycles. The average Bonchev–Trinajstić information content (AvgIpc) is 3.39. The van der Waals surface area contributed by atoms with Gasteiger partial charge in [0.1, 0.15) is 29.3 Å². The summed E-state index contributed by atoms with van der Waals surface area (Å²) in [6.07, 6.45) is -1.08. The van der Waals surface area contributed by atoms with E-state index >= 15 is 0 Å². The van der Waals surface area contributed by atoms with Crippen molar-refractivity contribution in [3.05, 3.63) is 65.5 Å². The van der Waals surface area contributed by atoms with Crippen LogP contribution in [0.15, 0.2) is 58.4 Å². The van der Waals surface area contributed by atoms with Gasteiger partial charge in [0.15, 0.2) is 0 Å². The number of fused-ring (bicyclic) bond motifs is 2. The van der Waals surface area contributed by atoms with E-state index in [0.29, 0.717) is 34.5 Å². The molecule has 40 heavy (non-hydrogen) atoms. The normalized spacial score (nSPS) is 13.9. The highest BCUT2D eigenvalue weighted by molar-refractivity contribution is 7.89. The van der Waals surface area contributed by atoms with E-state index in [9.17, 15) is 23.0 Å².